The van der Waals surface area contributed by atoms with Gasteiger partial charge in [-0.2, -0.15) is 0 Å². The molecule has 0 bridgehead atoms. The number of amides is 1. The molecule has 0 saturated carbocycles. The predicted molar refractivity (Wildman–Crippen MR) is 75.7 cm³/mol. The summed E-state index contributed by atoms with van der Waals surface area (Å²) in [7, 11) is 0. The van der Waals surface area contributed by atoms with Gasteiger partial charge in [0, 0.05) is 12.7 Å². The summed E-state index contributed by atoms with van der Waals surface area (Å²) in [6.45, 7) is 6.23. The topological polar surface area (TPSA) is 88.5 Å². The Morgan fingerprint density at radius 3 is 2.48 bits per heavy atom. The van der Waals surface area contributed by atoms with Gasteiger partial charge in [-0.05, 0) is 31.4 Å². The van der Waals surface area contributed by atoms with Gasteiger partial charge >= 0.3 is 5.97 Å². The third-order valence-electron chi connectivity index (χ3n) is 4.06. The zero-order valence-corrected chi connectivity index (χ0v) is 12.4. The lowest BCUT2D eigenvalue weighted by Gasteiger charge is -2.17. The molecule has 0 aliphatic carbocycles. The van der Waals surface area contributed by atoms with Crippen LogP contribution in [0.25, 0.3) is 0 Å². The second-order valence-electron chi connectivity index (χ2n) is 5.51. The van der Waals surface area contributed by atoms with Crippen molar-refractivity contribution >= 4 is 11.9 Å². The number of hydrogen-bond acceptors (Lipinski definition) is 4. The standard InChI is InChI=1S/C15H20N2O4/c1-8-9(2)21-10(3)13(8)14(18)17-7-11-4-5-12(15(19)20)16-6-11/h4-6,8-10,13H,7H2,1-3H3,(H,17,18)(H,19,20). The average Bonchev–Trinajstić information content (AvgIpc) is 2.70. The monoisotopic (exact) mass is 292 g/mol. The van der Waals surface area contributed by atoms with E-state index in [9.17, 15) is 9.59 Å². The fourth-order valence-corrected chi connectivity index (χ4v) is 2.68. The minimum atomic E-state index is -1.06. The minimum Gasteiger partial charge on any atom is -0.477 e. The number of pyridine rings is 1. The van der Waals surface area contributed by atoms with Crippen LogP contribution in [0, 0.1) is 11.8 Å². The van der Waals surface area contributed by atoms with E-state index in [2.05, 4.69) is 10.3 Å². The molecule has 1 aliphatic rings. The normalized spacial score (nSPS) is 28.3. The van der Waals surface area contributed by atoms with E-state index in [0.29, 0.717) is 6.54 Å². The molecule has 1 fully saturated rings. The summed E-state index contributed by atoms with van der Waals surface area (Å²) in [5.74, 6) is -1.09. The Bertz CT molecular complexity index is 529. The number of aromatic carboxylic acids is 1. The molecular weight excluding hydrogens is 272 g/mol. The summed E-state index contributed by atoms with van der Waals surface area (Å²) in [6, 6.07) is 3.08. The lowest BCUT2D eigenvalue weighted by molar-refractivity contribution is -0.127. The largest absolute Gasteiger partial charge is 0.477 e. The Hall–Kier alpha value is -1.95. The van der Waals surface area contributed by atoms with Gasteiger partial charge in [0.2, 0.25) is 5.91 Å². The molecule has 2 heterocycles. The summed E-state index contributed by atoms with van der Waals surface area (Å²) >= 11 is 0. The van der Waals surface area contributed by atoms with Crippen LogP contribution in [-0.4, -0.2) is 34.2 Å². The smallest absolute Gasteiger partial charge is 0.354 e. The lowest BCUT2D eigenvalue weighted by atomic mass is 9.89. The number of hydrogen-bond donors (Lipinski definition) is 2. The molecule has 2 N–H and O–H groups in total. The van der Waals surface area contributed by atoms with Gasteiger partial charge in [-0.3, -0.25) is 4.79 Å². The molecule has 0 spiro atoms. The molecule has 4 atom stereocenters. The van der Waals surface area contributed by atoms with Crippen LogP contribution in [-0.2, 0) is 16.1 Å². The average molecular weight is 292 g/mol. The van der Waals surface area contributed by atoms with Gasteiger partial charge in [0.05, 0.1) is 18.1 Å². The molecule has 1 aromatic rings. The maximum atomic E-state index is 12.3. The van der Waals surface area contributed by atoms with Crippen molar-refractivity contribution in [1.29, 1.82) is 0 Å². The molecule has 0 radical (unpaired) electrons. The molecule has 1 amide bonds. The Morgan fingerprint density at radius 1 is 1.29 bits per heavy atom. The van der Waals surface area contributed by atoms with Gasteiger partial charge < -0.3 is 15.2 Å². The van der Waals surface area contributed by atoms with Crippen molar-refractivity contribution in [3.05, 3.63) is 29.6 Å². The van der Waals surface area contributed by atoms with Crippen molar-refractivity contribution in [1.82, 2.24) is 10.3 Å². The van der Waals surface area contributed by atoms with E-state index in [0.717, 1.165) is 5.56 Å². The molecule has 2 rings (SSSR count). The first-order valence-electron chi connectivity index (χ1n) is 7.01. The van der Waals surface area contributed by atoms with Crippen LogP contribution in [0.15, 0.2) is 18.3 Å². The second-order valence-corrected chi connectivity index (χ2v) is 5.51. The highest BCUT2D eigenvalue weighted by molar-refractivity contribution is 5.85. The highest BCUT2D eigenvalue weighted by Gasteiger charge is 2.41. The van der Waals surface area contributed by atoms with Crippen molar-refractivity contribution in [2.75, 3.05) is 0 Å². The van der Waals surface area contributed by atoms with Crippen LogP contribution < -0.4 is 5.32 Å². The van der Waals surface area contributed by atoms with Gasteiger partial charge in [0.25, 0.3) is 0 Å². The van der Waals surface area contributed by atoms with Gasteiger partial charge in [-0.1, -0.05) is 13.0 Å². The number of aromatic nitrogens is 1. The predicted octanol–water partition coefficient (Wildman–Crippen LogP) is 1.46. The second kappa shape index (κ2) is 6.22. The van der Waals surface area contributed by atoms with E-state index in [1.165, 1.54) is 12.3 Å². The number of rotatable bonds is 4. The molecule has 1 aromatic heterocycles. The number of carboxylic acid groups (broad SMARTS) is 1. The Labute approximate surface area is 123 Å². The van der Waals surface area contributed by atoms with Crippen molar-refractivity contribution in [3.8, 4) is 0 Å². The molecule has 4 unspecified atom stereocenters. The molecular formula is C15H20N2O4. The lowest BCUT2D eigenvalue weighted by Crippen LogP contribution is -2.36. The maximum Gasteiger partial charge on any atom is 0.354 e. The first-order valence-corrected chi connectivity index (χ1v) is 7.01. The Morgan fingerprint density at radius 2 is 2.00 bits per heavy atom. The Balaban J connectivity index is 1.93. The number of carbonyl (C=O) groups excluding carboxylic acids is 1. The molecule has 6 heteroatoms. The third kappa shape index (κ3) is 3.39. The van der Waals surface area contributed by atoms with Crippen molar-refractivity contribution in [2.45, 2.75) is 39.5 Å². The summed E-state index contributed by atoms with van der Waals surface area (Å²) in [5, 5.41) is 11.6. The molecule has 0 aromatic carbocycles. The first kappa shape index (κ1) is 15.4. The molecule has 21 heavy (non-hydrogen) atoms. The maximum absolute atomic E-state index is 12.3. The van der Waals surface area contributed by atoms with Crippen LogP contribution >= 0.6 is 0 Å². The quantitative estimate of drug-likeness (QED) is 0.877. The number of nitrogens with zero attached hydrogens (tertiary/aromatic N) is 1. The molecule has 1 saturated heterocycles. The van der Waals surface area contributed by atoms with E-state index in [4.69, 9.17) is 9.84 Å². The highest BCUT2D eigenvalue weighted by Crippen LogP contribution is 2.32. The van der Waals surface area contributed by atoms with Crippen LogP contribution in [0.4, 0.5) is 0 Å². The number of nitrogens with one attached hydrogen (secondary N) is 1. The van der Waals surface area contributed by atoms with Crippen LogP contribution in [0.2, 0.25) is 0 Å². The SMILES string of the molecule is CC1OC(C)C(C(=O)NCc2ccc(C(=O)O)nc2)C1C. The number of carbonyl (C=O) groups is 2. The van der Waals surface area contributed by atoms with E-state index in [1.807, 2.05) is 20.8 Å². The summed E-state index contributed by atoms with van der Waals surface area (Å²) in [6.07, 6.45) is 1.44. The van der Waals surface area contributed by atoms with Crippen molar-refractivity contribution < 1.29 is 19.4 Å². The Kier molecular flexibility index (Phi) is 4.57. The van der Waals surface area contributed by atoms with Crippen LogP contribution in [0.3, 0.4) is 0 Å². The van der Waals surface area contributed by atoms with Gasteiger partial charge in [0.1, 0.15) is 5.69 Å². The fourth-order valence-electron chi connectivity index (χ4n) is 2.68. The minimum absolute atomic E-state index is 0.00895. The number of ether oxygens (including phenoxy) is 1. The molecule has 6 nitrogen and oxygen atoms in total. The first-order chi connectivity index (χ1) is 9.90. The number of carboxylic acids is 1. The van der Waals surface area contributed by atoms with Gasteiger partial charge in [-0.25, -0.2) is 9.78 Å². The summed E-state index contributed by atoms with van der Waals surface area (Å²) < 4.78 is 5.66. The van der Waals surface area contributed by atoms with Crippen molar-refractivity contribution in [3.63, 3.8) is 0 Å². The highest BCUT2D eigenvalue weighted by atomic mass is 16.5. The van der Waals surface area contributed by atoms with Crippen LogP contribution in [0.1, 0.15) is 36.8 Å². The van der Waals surface area contributed by atoms with Gasteiger partial charge in [0.15, 0.2) is 0 Å². The summed E-state index contributed by atoms with van der Waals surface area (Å²) in [4.78, 5) is 26.8. The van der Waals surface area contributed by atoms with E-state index in [1.54, 1.807) is 6.07 Å². The molecule has 114 valence electrons. The summed E-state index contributed by atoms with van der Waals surface area (Å²) in [5.41, 5.74) is 0.756. The van der Waals surface area contributed by atoms with E-state index < -0.39 is 5.97 Å². The van der Waals surface area contributed by atoms with E-state index in [-0.39, 0.29) is 35.6 Å². The van der Waals surface area contributed by atoms with E-state index >= 15 is 0 Å². The zero-order chi connectivity index (χ0) is 15.6. The van der Waals surface area contributed by atoms with Crippen LogP contribution in [0.5, 0.6) is 0 Å². The fraction of sp³-hybridized carbons (Fsp3) is 0.533. The van der Waals surface area contributed by atoms with Gasteiger partial charge in [-0.15, -0.1) is 0 Å². The molecule has 1 aliphatic heterocycles. The third-order valence-corrected chi connectivity index (χ3v) is 4.06. The van der Waals surface area contributed by atoms with Crippen molar-refractivity contribution in [2.24, 2.45) is 11.8 Å². The zero-order valence-electron chi connectivity index (χ0n) is 12.4.